The van der Waals surface area contributed by atoms with Gasteiger partial charge < -0.3 is 20.1 Å². The van der Waals surface area contributed by atoms with Crippen molar-refractivity contribution in [1.82, 2.24) is 10.6 Å². The molecular weight excluding hydrogens is 408 g/mol. The van der Waals surface area contributed by atoms with E-state index in [1.807, 2.05) is 44.2 Å². The molecule has 1 aliphatic rings. The molecule has 1 unspecified atom stereocenters. The molecule has 2 rings (SSSR count). The Hall–Kier alpha value is -3.09. The number of rotatable bonds is 6. The first-order valence-corrected chi connectivity index (χ1v) is 10.7. The Morgan fingerprint density at radius 3 is 2.06 bits per heavy atom. The second kappa shape index (κ2) is 10.0. The molecule has 174 valence electrons. The molecule has 0 saturated carbocycles. The second-order valence-electron chi connectivity index (χ2n) is 9.27. The molecule has 7 nitrogen and oxygen atoms in total. The van der Waals surface area contributed by atoms with Gasteiger partial charge >= 0.3 is 11.9 Å². The number of methoxy groups -OCH3 is 1. The van der Waals surface area contributed by atoms with Crippen molar-refractivity contribution in [1.29, 1.82) is 0 Å². The summed E-state index contributed by atoms with van der Waals surface area (Å²) in [6.45, 7) is 12.6. The third-order valence-electron chi connectivity index (χ3n) is 5.16. The fourth-order valence-electron chi connectivity index (χ4n) is 3.74. The molecule has 1 aromatic rings. The molecule has 0 saturated heterocycles. The average molecular weight is 443 g/mol. The number of benzene rings is 1. The maximum absolute atomic E-state index is 13.5. The largest absolute Gasteiger partial charge is 0.466 e. The van der Waals surface area contributed by atoms with E-state index in [1.54, 1.807) is 34.6 Å². The summed E-state index contributed by atoms with van der Waals surface area (Å²) in [5, 5.41) is 5.97. The topological polar surface area (TPSA) is 93.7 Å². The molecule has 1 aliphatic heterocycles. The van der Waals surface area contributed by atoms with Gasteiger partial charge in [0.1, 0.15) is 11.6 Å². The fourth-order valence-corrected chi connectivity index (χ4v) is 3.74. The van der Waals surface area contributed by atoms with Crippen molar-refractivity contribution in [2.75, 3.05) is 7.11 Å². The Balaban J connectivity index is 2.50. The van der Waals surface area contributed by atoms with Gasteiger partial charge in [0.25, 0.3) is 5.91 Å². The van der Waals surface area contributed by atoms with Crippen LogP contribution in [0.1, 0.15) is 59.9 Å². The Morgan fingerprint density at radius 1 is 1.00 bits per heavy atom. The highest BCUT2D eigenvalue weighted by molar-refractivity contribution is 6.03. The quantitative estimate of drug-likeness (QED) is 0.654. The van der Waals surface area contributed by atoms with Gasteiger partial charge in [-0.25, -0.2) is 9.59 Å². The first-order chi connectivity index (χ1) is 14.9. The Labute approximate surface area is 190 Å². The van der Waals surface area contributed by atoms with Crippen LogP contribution in [0.3, 0.4) is 0 Å². The molecule has 1 amide bonds. The van der Waals surface area contributed by atoms with Crippen LogP contribution >= 0.6 is 0 Å². The smallest absolute Gasteiger partial charge is 0.336 e. The van der Waals surface area contributed by atoms with Gasteiger partial charge in [-0.15, -0.1) is 0 Å². The summed E-state index contributed by atoms with van der Waals surface area (Å²) in [5.74, 6) is -2.30. The Morgan fingerprint density at radius 2 is 1.56 bits per heavy atom. The van der Waals surface area contributed by atoms with E-state index in [0.717, 1.165) is 5.56 Å². The van der Waals surface area contributed by atoms with Crippen LogP contribution in [0.25, 0.3) is 0 Å². The highest BCUT2D eigenvalue weighted by atomic mass is 16.6. The number of carbonyl (C=O) groups excluding carboxylic acids is 3. The van der Waals surface area contributed by atoms with E-state index in [-0.39, 0.29) is 5.92 Å². The normalized spacial score (nSPS) is 17.6. The summed E-state index contributed by atoms with van der Waals surface area (Å²) in [5.41, 5.74) is 2.03. The average Bonchev–Trinajstić information content (AvgIpc) is 2.69. The highest BCUT2D eigenvalue weighted by Crippen LogP contribution is 2.38. The molecule has 0 radical (unpaired) electrons. The molecule has 1 aromatic carbocycles. The van der Waals surface area contributed by atoms with Gasteiger partial charge in [0.15, 0.2) is 0 Å². The van der Waals surface area contributed by atoms with Crippen LogP contribution in [-0.4, -0.2) is 36.6 Å². The zero-order chi connectivity index (χ0) is 24.2. The lowest BCUT2D eigenvalue weighted by molar-refractivity contribution is -0.159. The number of nitrogens with one attached hydrogen (secondary N) is 2. The van der Waals surface area contributed by atoms with Gasteiger partial charge in [-0.2, -0.15) is 0 Å². The summed E-state index contributed by atoms with van der Waals surface area (Å²) < 4.78 is 10.5. The molecular formula is C25H34N2O5. The standard InChI is InChI=1S/C25H34N2O5/c1-14(2)21(24(30)32-25(5,6)7)27-22(28)18-15(3)26-16(4)19(23(29)31-8)20(18)17-12-10-9-11-13-17/h9-14,20-21,26H,1-8H3,(H,27,28)/t20?,21-/m0/s1. The van der Waals surface area contributed by atoms with Crippen molar-refractivity contribution in [2.24, 2.45) is 5.92 Å². The number of ether oxygens (including phenoxy) is 2. The number of hydrogen-bond acceptors (Lipinski definition) is 6. The Bertz CT molecular complexity index is 939. The maximum atomic E-state index is 13.5. The van der Waals surface area contributed by atoms with Crippen LogP contribution in [0.15, 0.2) is 52.9 Å². The number of hydrogen-bond donors (Lipinski definition) is 2. The van der Waals surface area contributed by atoms with Crippen LogP contribution < -0.4 is 10.6 Å². The predicted octanol–water partition coefficient (Wildman–Crippen LogP) is 3.58. The van der Waals surface area contributed by atoms with Gasteiger partial charge in [0.05, 0.1) is 18.6 Å². The van der Waals surface area contributed by atoms with Crippen LogP contribution in [0.4, 0.5) is 0 Å². The zero-order valence-electron chi connectivity index (χ0n) is 20.2. The molecule has 0 spiro atoms. The van der Waals surface area contributed by atoms with E-state index in [0.29, 0.717) is 22.5 Å². The van der Waals surface area contributed by atoms with Crippen molar-refractivity contribution >= 4 is 17.8 Å². The number of allylic oxidation sites excluding steroid dienone is 2. The van der Waals surface area contributed by atoms with Crippen molar-refractivity contribution in [3.8, 4) is 0 Å². The van der Waals surface area contributed by atoms with Crippen molar-refractivity contribution in [3.05, 3.63) is 58.4 Å². The molecule has 2 atom stereocenters. The van der Waals surface area contributed by atoms with E-state index in [9.17, 15) is 14.4 Å². The zero-order valence-corrected chi connectivity index (χ0v) is 20.2. The number of amides is 1. The highest BCUT2D eigenvalue weighted by Gasteiger charge is 2.39. The van der Waals surface area contributed by atoms with Crippen molar-refractivity contribution in [3.63, 3.8) is 0 Å². The minimum Gasteiger partial charge on any atom is -0.466 e. The second-order valence-corrected chi connectivity index (χ2v) is 9.27. The summed E-state index contributed by atoms with van der Waals surface area (Å²) in [6, 6.07) is 8.45. The SMILES string of the molecule is COC(=O)C1=C(C)NC(C)=C(C(=O)N[C@H](C(=O)OC(C)(C)C)C(C)C)C1c1ccccc1. The van der Waals surface area contributed by atoms with E-state index in [4.69, 9.17) is 9.47 Å². The van der Waals surface area contributed by atoms with Gasteiger partial charge in [0.2, 0.25) is 0 Å². The number of esters is 2. The number of carbonyl (C=O) groups is 3. The molecule has 0 bridgehead atoms. The monoisotopic (exact) mass is 442 g/mol. The van der Waals surface area contributed by atoms with Crippen LogP contribution in [0.2, 0.25) is 0 Å². The molecule has 7 heteroatoms. The van der Waals surface area contributed by atoms with Crippen molar-refractivity contribution in [2.45, 2.75) is 66.0 Å². The first kappa shape index (κ1) is 25.2. The van der Waals surface area contributed by atoms with Crippen LogP contribution in [0.5, 0.6) is 0 Å². The summed E-state index contributed by atoms with van der Waals surface area (Å²) in [6.07, 6.45) is 0. The molecule has 0 fully saturated rings. The molecule has 0 aromatic heterocycles. The number of dihydropyridines is 1. The molecule has 32 heavy (non-hydrogen) atoms. The summed E-state index contributed by atoms with van der Waals surface area (Å²) >= 11 is 0. The Kier molecular flexibility index (Phi) is 7.88. The molecule has 0 aliphatic carbocycles. The third kappa shape index (κ3) is 5.78. The van der Waals surface area contributed by atoms with Gasteiger partial charge in [-0.3, -0.25) is 4.79 Å². The van der Waals surface area contributed by atoms with Crippen LogP contribution in [-0.2, 0) is 23.9 Å². The minimum absolute atomic E-state index is 0.196. The van der Waals surface area contributed by atoms with E-state index in [1.165, 1.54) is 7.11 Å². The predicted molar refractivity (Wildman–Crippen MR) is 122 cm³/mol. The summed E-state index contributed by atoms with van der Waals surface area (Å²) in [7, 11) is 1.31. The van der Waals surface area contributed by atoms with E-state index < -0.39 is 35.4 Å². The van der Waals surface area contributed by atoms with E-state index >= 15 is 0 Å². The molecule has 2 N–H and O–H groups in total. The molecule has 1 heterocycles. The lowest BCUT2D eigenvalue weighted by atomic mass is 9.80. The first-order valence-electron chi connectivity index (χ1n) is 10.7. The maximum Gasteiger partial charge on any atom is 0.336 e. The summed E-state index contributed by atoms with van der Waals surface area (Å²) in [4.78, 5) is 39.0. The lowest BCUT2D eigenvalue weighted by Gasteiger charge is -2.32. The van der Waals surface area contributed by atoms with Crippen LogP contribution in [0, 0.1) is 5.92 Å². The van der Waals surface area contributed by atoms with Gasteiger partial charge in [-0.1, -0.05) is 44.2 Å². The fraction of sp³-hybridized carbons (Fsp3) is 0.480. The van der Waals surface area contributed by atoms with Gasteiger partial charge in [-0.05, 0) is 46.1 Å². The lowest BCUT2D eigenvalue weighted by Crippen LogP contribution is -2.49. The minimum atomic E-state index is -0.841. The third-order valence-corrected chi connectivity index (χ3v) is 5.16. The van der Waals surface area contributed by atoms with E-state index in [2.05, 4.69) is 10.6 Å². The van der Waals surface area contributed by atoms with Crippen molar-refractivity contribution < 1.29 is 23.9 Å². The van der Waals surface area contributed by atoms with Gasteiger partial charge in [0, 0.05) is 17.0 Å².